The molecule has 174 valence electrons. The molecule has 2 heterocycles. The Labute approximate surface area is 183 Å². The first-order valence-corrected chi connectivity index (χ1v) is 10.4. The number of carboxylic acid groups (broad SMARTS) is 1. The van der Waals surface area contributed by atoms with Crippen LogP contribution in [-0.2, 0) is 9.59 Å². The summed E-state index contributed by atoms with van der Waals surface area (Å²) >= 11 is 0. The number of carbonyl (C=O) groups is 3. The number of nitrogens with one attached hydrogen (secondary N) is 1. The Kier molecular flexibility index (Phi) is 5.42. The lowest BCUT2D eigenvalue weighted by molar-refractivity contribution is -0.304. The Morgan fingerprint density at radius 1 is 1.38 bits per heavy atom. The van der Waals surface area contributed by atoms with Crippen LogP contribution in [0.25, 0.3) is 0 Å². The Morgan fingerprint density at radius 3 is 2.69 bits per heavy atom. The lowest BCUT2D eigenvalue weighted by Gasteiger charge is -2.43. The van der Waals surface area contributed by atoms with E-state index in [1.807, 2.05) is 4.90 Å². The summed E-state index contributed by atoms with van der Waals surface area (Å²) in [6.45, 7) is -0.723. The van der Waals surface area contributed by atoms with Gasteiger partial charge in [0.1, 0.15) is 29.5 Å². The molecule has 2 aliphatic heterocycles. The van der Waals surface area contributed by atoms with E-state index in [-0.39, 0.29) is 42.2 Å². The number of carboxylic acids is 1. The van der Waals surface area contributed by atoms with E-state index in [9.17, 15) is 29.5 Å². The number of benzene rings is 1. The minimum absolute atomic E-state index is 0.0545. The van der Waals surface area contributed by atoms with Gasteiger partial charge in [-0.1, -0.05) is 18.3 Å². The van der Waals surface area contributed by atoms with E-state index in [1.54, 1.807) is 19.1 Å². The summed E-state index contributed by atoms with van der Waals surface area (Å²) in [4.78, 5) is 36.9. The summed E-state index contributed by atoms with van der Waals surface area (Å²) < 4.78 is 11.2. The number of amides is 2. The Hall–Kier alpha value is -2.71. The molecule has 2 amide bonds. The Bertz CT molecular complexity index is 978. The van der Waals surface area contributed by atoms with Gasteiger partial charge >= 0.3 is 18.6 Å². The number of likely N-dealkylation sites (tertiary alicyclic amines) is 1. The van der Waals surface area contributed by atoms with Gasteiger partial charge in [-0.2, -0.15) is 0 Å². The lowest BCUT2D eigenvalue weighted by atomic mass is 9.68. The summed E-state index contributed by atoms with van der Waals surface area (Å²) in [6, 6.07) is 3.27. The second-order valence-corrected chi connectivity index (χ2v) is 9.12. The zero-order chi connectivity index (χ0) is 23.4. The van der Waals surface area contributed by atoms with Crippen LogP contribution in [0.3, 0.4) is 0 Å². The summed E-state index contributed by atoms with van der Waals surface area (Å²) in [5.41, 5.74) is 8.43. The van der Waals surface area contributed by atoms with Crippen LogP contribution in [0.15, 0.2) is 12.1 Å². The highest BCUT2D eigenvalue weighted by Gasteiger charge is 2.55. The quantitative estimate of drug-likeness (QED) is 0.225. The van der Waals surface area contributed by atoms with E-state index in [1.165, 1.54) is 0 Å². The van der Waals surface area contributed by atoms with Crippen molar-refractivity contribution in [3.63, 3.8) is 0 Å². The minimum Gasteiger partial charge on any atom is -0.669 e. The van der Waals surface area contributed by atoms with E-state index in [0.29, 0.717) is 25.1 Å². The lowest BCUT2D eigenvalue weighted by Crippen LogP contribution is -2.66. The molecule has 0 radical (unpaired) electrons. The molecule has 3 aliphatic rings. The molecule has 13 heteroatoms. The van der Waals surface area contributed by atoms with E-state index in [2.05, 4.69) is 11.1 Å². The third kappa shape index (κ3) is 4.17. The van der Waals surface area contributed by atoms with Crippen molar-refractivity contribution in [3.8, 4) is 11.5 Å². The molecule has 2 fully saturated rings. The number of rotatable bonds is 8. The second-order valence-electron chi connectivity index (χ2n) is 9.12. The molecule has 4 rings (SSSR count). The van der Waals surface area contributed by atoms with Crippen LogP contribution in [0.1, 0.15) is 35.2 Å². The van der Waals surface area contributed by atoms with Crippen molar-refractivity contribution in [2.45, 2.75) is 36.7 Å². The van der Waals surface area contributed by atoms with Gasteiger partial charge in [0.2, 0.25) is 5.91 Å². The monoisotopic (exact) mass is 450 g/mol. The summed E-state index contributed by atoms with van der Waals surface area (Å²) in [5, 5.41) is 32.4. The normalized spacial score (nSPS) is 25.3. The number of ether oxygens (including phenoxy) is 1. The number of nitrogens with zero attached hydrogens (tertiary/aromatic N) is 1. The fourth-order valence-corrected chi connectivity index (χ4v) is 4.44. The maximum atomic E-state index is 12.2. The van der Waals surface area contributed by atoms with Gasteiger partial charge in [0.15, 0.2) is 0 Å². The summed E-state index contributed by atoms with van der Waals surface area (Å²) in [6.07, 6.45) is 0.188. The predicted octanol–water partition coefficient (Wildman–Crippen LogP) is -2.78. The van der Waals surface area contributed by atoms with Crippen molar-refractivity contribution < 1.29 is 44.7 Å². The van der Waals surface area contributed by atoms with Crippen molar-refractivity contribution in [3.05, 3.63) is 23.3 Å². The maximum Gasteiger partial charge on any atom is 0.434 e. The zero-order valence-electron chi connectivity index (χ0n) is 17.6. The fraction of sp³-hybridized carbons (Fsp3) is 0.526. The third-order valence-electron chi connectivity index (χ3n) is 6.19. The van der Waals surface area contributed by atoms with Gasteiger partial charge in [-0.3, -0.25) is 15.4 Å². The number of fused-ring (bicyclic) bond motifs is 3. The van der Waals surface area contributed by atoms with Crippen molar-refractivity contribution in [2.75, 3.05) is 26.2 Å². The Balaban J connectivity index is 1.40. The van der Waals surface area contributed by atoms with Gasteiger partial charge in [0.05, 0.1) is 5.75 Å². The third-order valence-corrected chi connectivity index (χ3v) is 6.19. The van der Waals surface area contributed by atoms with Gasteiger partial charge in [0.25, 0.3) is 0 Å². The topological polar surface area (TPSA) is 199 Å². The van der Waals surface area contributed by atoms with Crippen molar-refractivity contribution >= 4 is 24.5 Å². The molecule has 0 spiro atoms. The molecule has 9 N–H and O–H groups in total. The minimum atomic E-state index is -3.11. The SMILES string of the molecule is CC(N)(CN1CC(Oc2ccc3c(c2C(=O)O)O[B-](O)(O)[C@H]2C[C@@H]32)C1)C(=O)NCC([NH3+])=O. The first kappa shape index (κ1) is 22.5. The predicted molar refractivity (Wildman–Crippen MR) is 110 cm³/mol. The van der Waals surface area contributed by atoms with Crippen molar-refractivity contribution in [1.29, 1.82) is 0 Å². The van der Waals surface area contributed by atoms with Crippen LogP contribution in [-0.4, -0.2) is 82.4 Å². The summed E-state index contributed by atoms with van der Waals surface area (Å²) in [5.74, 6) is -2.71. The molecule has 0 bridgehead atoms. The standard InChI is InChI=1S/C19H26BN4O8/c1-19(22,18(28)23-5-14(21)25)8-24-6-9(7-24)31-13-3-2-10-11-4-12(11)20(29,30)32-16(10)15(13)17(26)27/h2-3,9,11-12,29-30H,4-8,22H2,1H3,(H2,21,25)(H,23,28)(H,26,27)/q-1/p+1/t11-,12-,19?/m0/s1. The smallest absolute Gasteiger partial charge is 0.434 e. The van der Waals surface area contributed by atoms with E-state index in [0.717, 1.165) is 0 Å². The molecule has 1 saturated heterocycles. The highest BCUT2D eigenvalue weighted by Crippen LogP contribution is 2.63. The van der Waals surface area contributed by atoms with Crippen molar-refractivity contribution in [1.82, 2.24) is 10.2 Å². The van der Waals surface area contributed by atoms with E-state index in [4.69, 9.17) is 15.1 Å². The number of aromatic carboxylic acids is 1. The average Bonchev–Trinajstić information content (AvgIpc) is 3.45. The van der Waals surface area contributed by atoms with Crippen LogP contribution in [0.2, 0.25) is 5.82 Å². The molecule has 0 aromatic heterocycles. The molecular formula is C19H27BN4O8. The molecule has 1 aromatic carbocycles. The van der Waals surface area contributed by atoms with Crippen LogP contribution in [0, 0.1) is 0 Å². The number of hydrogen-bond acceptors (Lipinski definition) is 9. The van der Waals surface area contributed by atoms with E-state index < -0.39 is 35.9 Å². The molecule has 3 atom stereocenters. The first-order valence-electron chi connectivity index (χ1n) is 10.4. The summed E-state index contributed by atoms with van der Waals surface area (Å²) in [7, 11) is 0. The van der Waals surface area contributed by atoms with E-state index >= 15 is 0 Å². The highest BCUT2D eigenvalue weighted by molar-refractivity contribution is 6.62. The van der Waals surface area contributed by atoms with Crippen LogP contribution in [0.4, 0.5) is 0 Å². The highest BCUT2D eigenvalue weighted by atomic mass is 16.6. The molecular weight excluding hydrogens is 423 g/mol. The number of carbonyl (C=O) groups excluding carboxylic acids is 2. The molecule has 12 nitrogen and oxygen atoms in total. The molecule has 32 heavy (non-hydrogen) atoms. The van der Waals surface area contributed by atoms with Gasteiger partial charge < -0.3 is 35.6 Å². The van der Waals surface area contributed by atoms with Crippen LogP contribution < -0.4 is 26.2 Å². The number of quaternary nitrogens is 1. The van der Waals surface area contributed by atoms with Gasteiger partial charge in [-0.15, -0.1) is 0 Å². The molecule has 1 aromatic rings. The van der Waals surface area contributed by atoms with Crippen LogP contribution in [0.5, 0.6) is 11.5 Å². The largest absolute Gasteiger partial charge is 0.669 e. The fourth-order valence-electron chi connectivity index (χ4n) is 4.44. The zero-order valence-corrected chi connectivity index (χ0v) is 17.6. The molecule has 1 unspecified atom stereocenters. The number of hydrogen-bond donors (Lipinski definition) is 6. The molecule has 1 saturated carbocycles. The average molecular weight is 450 g/mol. The second kappa shape index (κ2) is 7.71. The molecule has 1 aliphatic carbocycles. The van der Waals surface area contributed by atoms with Crippen molar-refractivity contribution in [2.24, 2.45) is 5.73 Å². The van der Waals surface area contributed by atoms with Crippen LogP contribution >= 0.6 is 0 Å². The van der Waals surface area contributed by atoms with Gasteiger partial charge in [-0.25, -0.2) is 9.59 Å². The number of nitrogens with two attached hydrogens (primary N) is 1. The maximum absolute atomic E-state index is 12.2. The van der Waals surface area contributed by atoms with Gasteiger partial charge in [0, 0.05) is 19.6 Å². The Morgan fingerprint density at radius 2 is 2.06 bits per heavy atom. The van der Waals surface area contributed by atoms with Gasteiger partial charge in [-0.05, 0) is 24.5 Å². The first-order chi connectivity index (χ1) is 14.9.